The Bertz CT molecular complexity index is 363. The topological polar surface area (TPSA) is 56.3 Å². The summed E-state index contributed by atoms with van der Waals surface area (Å²) in [4.78, 5) is 6.56. The minimum atomic E-state index is 0.0583. The molecule has 5 heteroatoms. The Morgan fingerprint density at radius 3 is 3.00 bits per heavy atom. The third-order valence-corrected chi connectivity index (χ3v) is 3.39. The Balaban J connectivity index is 2.31. The van der Waals surface area contributed by atoms with Crippen molar-refractivity contribution in [3.8, 4) is 0 Å². The molecule has 0 bridgehead atoms. The molecule has 2 heterocycles. The maximum Gasteiger partial charge on any atom is 0.0951 e. The molecule has 0 aliphatic carbocycles. The van der Waals surface area contributed by atoms with Crippen LogP contribution in [-0.4, -0.2) is 47.3 Å². The van der Waals surface area contributed by atoms with Crippen LogP contribution in [0.15, 0.2) is 12.5 Å². The molecule has 1 saturated heterocycles. The molecule has 96 valence electrons. The molecule has 2 rings (SSSR count). The summed E-state index contributed by atoms with van der Waals surface area (Å²) in [6.45, 7) is 6.55. The molecule has 1 aromatic rings. The van der Waals surface area contributed by atoms with Gasteiger partial charge in [0.15, 0.2) is 0 Å². The number of ether oxygens (including phenoxy) is 1. The van der Waals surface area contributed by atoms with Gasteiger partial charge < -0.3 is 15.0 Å². The summed E-state index contributed by atoms with van der Waals surface area (Å²) in [5, 5.41) is 0. The molecule has 1 fully saturated rings. The largest absolute Gasteiger partial charge is 0.374 e. The smallest absolute Gasteiger partial charge is 0.0951 e. The molecule has 1 aliphatic heterocycles. The quantitative estimate of drug-likeness (QED) is 0.846. The number of aromatic nitrogens is 2. The number of likely N-dealkylation sites (N-methyl/N-ethyl adjacent to an activating group) is 1. The van der Waals surface area contributed by atoms with Gasteiger partial charge in [0.1, 0.15) is 0 Å². The highest BCUT2D eigenvalue weighted by atomic mass is 16.5. The van der Waals surface area contributed by atoms with E-state index in [1.807, 2.05) is 12.5 Å². The fourth-order valence-corrected chi connectivity index (χ4v) is 2.45. The van der Waals surface area contributed by atoms with Crippen molar-refractivity contribution in [3.05, 3.63) is 18.2 Å². The minimum absolute atomic E-state index is 0.0583. The molecule has 0 saturated carbocycles. The van der Waals surface area contributed by atoms with Gasteiger partial charge in [0, 0.05) is 25.3 Å². The predicted molar refractivity (Wildman–Crippen MR) is 66.8 cm³/mol. The Morgan fingerprint density at radius 1 is 1.59 bits per heavy atom. The van der Waals surface area contributed by atoms with E-state index in [-0.39, 0.29) is 12.1 Å². The number of nitrogens with two attached hydrogens (primary N) is 1. The third kappa shape index (κ3) is 2.36. The molecule has 1 aromatic heterocycles. The van der Waals surface area contributed by atoms with Crippen LogP contribution in [0.2, 0.25) is 0 Å². The van der Waals surface area contributed by atoms with E-state index >= 15 is 0 Å². The number of rotatable bonds is 3. The Kier molecular flexibility index (Phi) is 3.81. The summed E-state index contributed by atoms with van der Waals surface area (Å²) < 4.78 is 7.95. The lowest BCUT2D eigenvalue weighted by Crippen LogP contribution is -2.47. The number of hydrogen-bond donors (Lipinski definition) is 1. The van der Waals surface area contributed by atoms with Crippen LogP contribution >= 0.6 is 0 Å². The first kappa shape index (κ1) is 12.5. The zero-order valence-corrected chi connectivity index (χ0v) is 10.8. The van der Waals surface area contributed by atoms with Crippen LogP contribution in [0.5, 0.6) is 0 Å². The highest BCUT2D eigenvalue weighted by molar-refractivity contribution is 5.10. The molecule has 0 spiro atoms. The van der Waals surface area contributed by atoms with Crippen molar-refractivity contribution in [2.45, 2.75) is 32.0 Å². The van der Waals surface area contributed by atoms with Crippen LogP contribution in [0.1, 0.15) is 31.6 Å². The van der Waals surface area contributed by atoms with Crippen molar-refractivity contribution in [2.24, 2.45) is 5.73 Å². The van der Waals surface area contributed by atoms with Crippen LogP contribution in [0.4, 0.5) is 0 Å². The number of imidazole rings is 1. The predicted octanol–water partition coefficient (Wildman–Crippen LogP) is 0.794. The molecule has 0 amide bonds. The number of hydrogen-bond acceptors (Lipinski definition) is 4. The highest BCUT2D eigenvalue weighted by Gasteiger charge is 2.32. The van der Waals surface area contributed by atoms with Crippen molar-refractivity contribution in [1.29, 1.82) is 0 Å². The van der Waals surface area contributed by atoms with Gasteiger partial charge in [0.05, 0.1) is 30.8 Å². The van der Waals surface area contributed by atoms with E-state index in [1.54, 1.807) is 0 Å². The lowest BCUT2D eigenvalue weighted by Gasteiger charge is -2.39. The van der Waals surface area contributed by atoms with Gasteiger partial charge in [0.2, 0.25) is 0 Å². The van der Waals surface area contributed by atoms with Crippen molar-refractivity contribution in [1.82, 2.24) is 14.5 Å². The van der Waals surface area contributed by atoms with Gasteiger partial charge in [-0.3, -0.25) is 4.90 Å². The highest BCUT2D eigenvalue weighted by Crippen LogP contribution is 2.29. The number of morpholine rings is 1. The average molecular weight is 238 g/mol. The zero-order chi connectivity index (χ0) is 12.4. The van der Waals surface area contributed by atoms with Gasteiger partial charge in [-0.05, 0) is 20.9 Å². The minimum Gasteiger partial charge on any atom is -0.374 e. The summed E-state index contributed by atoms with van der Waals surface area (Å²) in [6, 6.07) is 0.611. The lowest BCUT2D eigenvalue weighted by atomic mass is 10.0. The van der Waals surface area contributed by atoms with Crippen molar-refractivity contribution >= 4 is 0 Å². The third-order valence-electron chi connectivity index (χ3n) is 3.39. The molecule has 2 N–H and O–H groups in total. The van der Waals surface area contributed by atoms with Crippen molar-refractivity contribution in [2.75, 3.05) is 26.7 Å². The fourth-order valence-electron chi connectivity index (χ4n) is 2.45. The fraction of sp³-hybridized carbons (Fsp3) is 0.750. The van der Waals surface area contributed by atoms with E-state index in [2.05, 4.69) is 35.3 Å². The maximum atomic E-state index is 5.81. The van der Waals surface area contributed by atoms with E-state index < -0.39 is 0 Å². The van der Waals surface area contributed by atoms with E-state index in [0.717, 1.165) is 13.2 Å². The second-order valence-electron chi connectivity index (χ2n) is 4.89. The monoisotopic (exact) mass is 238 g/mol. The lowest BCUT2D eigenvalue weighted by molar-refractivity contribution is -0.0602. The molecule has 5 nitrogen and oxygen atoms in total. The average Bonchev–Trinajstić information content (AvgIpc) is 2.77. The van der Waals surface area contributed by atoms with E-state index in [0.29, 0.717) is 12.6 Å². The summed E-state index contributed by atoms with van der Waals surface area (Å²) >= 11 is 0. The van der Waals surface area contributed by atoms with E-state index in [1.165, 1.54) is 5.69 Å². The summed E-state index contributed by atoms with van der Waals surface area (Å²) in [5.41, 5.74) is 7.00. The van der Waals surface area contributed by atoms with Gasteiger partial charge in [0.25, 0.3) is 0 Å². The van der Waals surface area contributed by atoms with Crippen LogP contribution in [0.25, 0.3) is 0 Å². The molecule has 0 aromatic carbocycles. The van der Waals surface area contributed by atoms with Crippen molar-refractivity contribution < 1.29 is 4.74 Å². The van der Waals surface area contributed by atoms with Crippen LogP contribution in [0, 0.1) is 0 Å². The number of nitrogens with zero attached hydrogens (tertiary/aromatic N) is 3. The van der Waals surface area contributed by atoms with Crippen LogP contribution in [0.3, 0.4) is 0 Å². The first-order valence-electron chi connectivity index (χ1n) is 6.18. The van der Waals surface area contributed by atoms with E-state index in [4.69, 9.17) is 10.5 Å². The van der Waals surface area contributed by atoms with Gasteiger partial charge in [-0.2, -0.15) is 0 Å². The first-order chi connectivity index (χ1) is 8.15. The first-order valence-corrected chi connectivity index (χ1v) is 6.18. The van der Waals surface area contributed by atoms with Gasteiger partial charge in [-0.25, -0.2) is 4.98 Å². The SMILES string of the molecule is CC(C)n1cncc1C1C(CN)OCCN1C. The zero-order valence-electron chi connectivity index (χ0n) is 10.8. The second kappa shape index (κ2) is 5.16. The summed E-state index contributed by atoms with van der Waals surface area (Å²) in [7, 11) is 2.12. The molecule has 2 unspecified atom stereocenters. The maximum absolute atomic E-state index is 5.81. The van der Waals surface area contributed by atoms with Crippen LogP contribution in [-0.2, 0) is 4.74 Å². The Labute approximate surface area is 103 Å². The van der Waals surface area contributed by atoms with Gasteiger partial charge in [-0.15, -0.1) is 0 Å². The molecule has 0 radical (unpaired) electrons. The summed E-state index contributed by atoms with van der Waals surface area (Å²) in [6.07, 6.45) is 3.87. The van der Waals surface area contributed by atoms with Crippen molar-refractivity contribution in [3.63, 3.8) is 0 Å². The van der Waals surface area contributed by atoms with Gasteiger partial charge >= 0.3 is 0 Å². The Morgan fingerprint density at radius 2 is 2.35 bits per heavy atom. The molecule has 17 heavy (non-hydrogen) atoms. The molecular weight excluding hydrogens is 216 g/mol. The molecule has 1 aliphatic rings. The normalized spacial score (nSPS) is 26.6. The Hall–Kier alpha value is -0.910. The van der Waals surface area contributed by atoms with Crippen LogP contribution < -0.4 is 5.73 Å². The van der Waals surface area contributed by atoms with Gasteiger partial charge in [-0.1, -0.05) is 0 Å². The summed E-state index contributed by atoms with van der Waals surface area (Å²) in [5.74, 6) is 0. The molecular formula is C12H22N4O. The second-order valence-corrected chi connectivity index (χ2v) is 4.89. The molecule has 2 atom stereocenters. The standard InChI is InChI=1S/C12H22N4O/c1-9(2)16-8-14-7-10(16)12-11(6-13)17-5-4-15(12)3/h7-9,11-12H,4-6,13H2,1-3H3. The van der Waals surface area contributed by atoms with E-state index in [9.17, 15) is 0 Å².